The SMILES string of the molecule is CC(=O)c1ccc(N2CCN(S(=O)(=O)c3ccc(-c4nnc(C5CC5)o4)s3)CC2)cc1. The first-order valence-electron chi connectivity index (χ1n) is 10.2. The normalized spacial score (nSPS) is 17.8. The number of carbonyl (C=O) groups is 1. The quantitative estimate of drug-likeness (QED) is 0.522. The molecule has 0 radical (unpaired) electrons. The van der Waals surface area contributed by atoms with E-state index in [2.05, 4.69) is 15.1 Å². The molecule has 0 unspecified atom stereocenters. The van der Waals surface area contributed by atoms with E-state index in [9.17, 15) is 13.2 Å². The van der Waals surface area contributed by atoms with E-state index in [1.807, 2.05) is 12.1 Å². The highest BCUT2D eigenvalue weighted by Gasteiger charge is 2.32. The molecule has 5 rings (SSSR count). The first-order chi connectivity index (χ1) is 14.9. The Labute approximate surface area is 184 Å². The number of hydrogen-bond acceptors (Lipinski definition) is 8. The summed E-state index contributed by atoms with van der Waals surface area (Å²) >= 11 is 1.16. The number of nitrogens with zero attached hydrogens (tertiary/aromatic N) is 4. The molecule has 1 saturated heterocycles. The smallest absolute Gasteiger partial charge is 0.257 e. The van der Waals surface area contributed by atoms with Crippen LogP contribution >= 0.6 is 11.3 Å². The van der Waals surface area contributed by atoms with Crippen LogP contribution in [0.25, 0.3) is 10.8 Å². The van der Waals surface area contributed by atoms with Gasteiger partial charge >= 0.3 is 0 Å². The molecule has 2 aliphatic rings. The second-order valence-electron chi connectivity index (χ2n) is 7.83. The van der Waals surface area contributed by atoms with E-state index >= 15 is 0 Å². The number of benzene rings is 1. The summed E-state index contributed by atoms with van der Waals surface area (Å²) in [5, 5.41) is 8.15. The number of hydrogen-bond donors (Lipinski definition) is 0. The van der Waals surface area contributed by atoms with Crippen molar-refractivity contribution in [3.8, 4) is 10.8 Å². The first kappa shape index (κ1) is 20.3. The van der Waals surface area contributed by atoms with Crippen molar-refractivity contribution in [2.45, 2.75) is 29.9 Å². The predicted molar refractivity (Wildman–Crippen MR) is 117 cm³/mol. The third-order valence-electron chi connectivity index (χ3n) is 5.63. The number of sulfonamides is 1. The summed E-state index contributed by atoms with van der Waals surface area (Å²) < 4.78 is 33.8. The molecule has 3 aromatic rings. The van der Waals surface area contributed by atoms with Crippen molar-refractivity contribution in [1.29, 1.82) is 0 Å². The lowest BCUT2D eigenvalue weighted by Crippen LogP contribution is -2.48. The third kappa shape index (κ3) is 4.02. The lowest BCUT2D eigenvalue weighted by Gasteiger charge is -2.35. The van der Waals surface area contributed by atoms with Gasteiger partial charge < -0.3 is 9.32 Å². The maximum atomic E-state index is 13.1. The zero-order chi connectivity index (χ0) is 21.6. The van der Waals surface area contributed by atoms with E-state index in [0.29, 0.717) is 54.3 Å². The Hall–Kier alpha value is -2.56. The molecule has 3 heterocycles. The van der Waals surface area contributed by atoms with E-state index < -0.39 is 10.0 Å². The van der Waals surface area contributed by atoms with Crippen molar-refractivity contribution in [2.75, 3.05) is 31.1 Å². The molecule has 1 aromatic carbocycles. The van der Waals surface area contributed by atoms with E-state index in [1.165, 1.54) is 4.31 Å². The van der Waals surface area contributed by atoms with Crippen LogP contribution in [0.4, 0.5) is 5.69 Å². The summed E-state index contributed by atoms with van der Waals surface area (Å²) in [6.07, 6.45) is 2.14. The van der Waals surface area contributed by atoms with Gasteiger partial charge in [-0.2, -0.15) is 4.31 Å². The number of piperazine rings is 1. The Bertz CT molecular complexity index is 1200. The molecule has 1 saturated carbocycles. The fourth-order valence-electron chi connectivity index (χ4n) is 3.62. The summed E-state index contributed by atoms with van der Waals surface area (Å²) in [5.41, 5.74) is 1.66. The zero-order valence-corrected chi connectivity index (χ0v) is 18.7. The van der Waals surface area contributed by atoms with Gasteiger partial charge in [0.05, 0.1) is 4.88 Å². The third-order valence-corrected chi connectivity index (χ3v) is 9.07. The molecule has 31 heavy (non-hydrogen) atoms. The van der Waals surface area contributed by atoms with Crippen LogP contribution in [-0.2, 0) is 10.0 Å². The van der Waals surface area contributed by atoms with Gasteiger partial charge in [-0.05, 0) is 56.2 Å². The fraction of sp³-hybridized carbons (Fsp3) is 0.381. The van der Waals surface area contributed by atoms with Crippen molar-refractivity contribution in [3.63, 3.8) is 0 Å². The van der Waals surface area contributed by atoms with Crippen LogP contribution < -0.4 is 4.90 Å². The number of thiophene rings is 1. The van der Waals surface area contributed by atoms with Crippen LogP contribution in [0.1, 0.15) is 41.9 Å². The molecular weight excluding hydrogens is 436 g/mol. The summed E-state index contributed by atoms with van der Waals surface area (Å²) in [5.74, 6) is 1.41. The van der Waals surface area contributed by atoms with Crippen molar-refractivity contribution in [1.82, 2.24) is 14.5 Å². The Morgan fingerprint density at radius 2 is 1.74 bits per heavy atom. The highest BCUT2D eigenvalue weighted by Crippen LogP contribution is 2.41. The number of rotatable bonds is 6. The topological polar surface area (TPSA) is 96.6 Å². The first-order valence-corrected chi connectivity index (χ1v) is 12.5. The Balaban J connectivity index is 1.26. The maximum absolute atomic E-state index is 13.1. The maximum Gasteiger partial charge on any atom is 0.257 e. The predicted octanol–water partition coefficient (Wildman–Crippen LogP) is 3.39. The lowest BCUT2D eigenvalue weighted by atomic mass is 10.1. The van der Waals surface area contributed by atoms with Gasteiger partial charge in [0.25, 0.3) is 15.9 Å². The number of anilines is 1. The molecule has 2 aromatic heterocycles. The average molecular weight is 459 g/mol. The Kier molecular flexibility index (Phi) is 5.15. The number of aromatic nitrogens is 2. The lowest BCUT2D eigenvalue weighted by molar-refractivity contribution is 0.101. The van der Waals surface area contributed by atoms with Crippen molar-refractivity contribution >= 4 is 32.8 Å². The number of ketones is 1. The molecule has 0 atom stereocenters. The molecule has 1 aliphatic heterocycles. The van der Waals surface area contributed by atoms with Crippen LogP contribution in [0, 0.1) is 0 Å². The minimum absolute atomic E-state index is 0.0297. The van der Waals surface area contributed by atoms with Gasteiger partial charge in [0.1, 0.15) is 4.21 Å². The van der Waals surface area contributed by atoms with Crippen molar-refractivity contribution < 1.29 is 17.6 Å². The summed E-state index contributed by atoms with van der Waals surface area (Å²) in [6, 6.07) is 10.8. The molecule has 2 fully saturated rings. The summed E-state index contributed by atoms with van der Waals surface area (Å²) in [7, 11) is -3.58. The van der Waals surface area contributed by atoms with Gasteiger partial charge in [-0.25, -0.2) is 8.42 Å². The monoisotopic (exact) mass is 458 g/mol. The minimum Gasteiger partial charge on any atom is -0.420 e. The average Bonchev–Trinajstić information content (AvgIpc) is 3.29. The highest BCUT2D eigenvalue weighted by atomic mass is 32.2. The summed E-state index contributed by atoms with van der Waals surface area (Å²) in [6.45, 7) is 3.52. The van der Waals surface area contributed by atoms with Crippen molar-refractivity contribution in [3.05, 3.63) is 47.9 Å². The van der Waals surface area contributed by atoms with E-state index in [0.717, 1.165) is 29.9 Å². The molecular formula is C21H22N4O4S2. The highest BCUT2D eigenvalue weighted by molar-refractivity contribution is 7.91. The Morgan fingerprint density at radius 3 is 2.39 bits per heavy atom. The molecule has 162 valence electrons. The summed E-state index contributed by atoms with van der Waals surface area (Å²) in [4.78, 5) is 14.2. The molecule has 0 N–H and O–H groups in total. The standard InChI is InChI=1S/C21H22N4O4S2/c1-14(26)15-4-6-17(7-5-15)24-10-12-25(13-11-24)31(27,28)19-9-8-18(30-19)21-23-22-20(29-21)16-2-3-16/h4-9,16H,2-3,10-13H2,1H3. The van der Waals surface area contributed by atoms with Gasteiger partial charge in [0.15, 0.2) is 5.78 Å². The zero-order valence-electron chi connectivity index (χ0n) is 17.0. The second kappa shape index (κ2) is 7.85. The molecule has 0 spiro atoms. The molecule has 1 aliphatic carbocycles. The van der Waals surface area contributed by atoms with E-state index in [-0.39, 0.29) is 9.99 Å². The number of Topliss-reactive ketones (excluding diaryl/α,β-unsaturated/α-hetero) is 1. The van der Waals surface area contributed by atoms with Gasteiger partial charge in [0.2, 0.25) is 5.89 Å². The fourth-order valence-corrected chi connectivity index (χ4v) is 6.43. The largest absolute Gasteiger partial charge is 0.420 e. The van der Waals surface area contributed by atoms with Gasteiger partial charge in [0, 0.05) is 43.3 Å². The van der Waals surface area contributed by atoms with Gasteiger partial charge in [-0.3, -0.25) is 4.79 Å². The van der Waals surface area contributed by atoms with E-state index in [1.54, 1.807) is 31.2 Å². The van der Waals surface area contributed by atoms with Gasteiger partial charge in [-0.15, -0.1) is 21.5 Å². The van der Waals surface area contributed by atoms with Gasteiger partial charge in [-0.1, -0.05) is 0 Å². The van der Waals surface area contributed by atoms with E-state index in [4.69, 9.17) is 4.42 Å². The Morgan fingerprint density at radius 1 is 1.03 bits per heavy atom. The molecule has 8 nitrogen and oxygen atoms in total. The van der Waals surface area contributed by atoms with Crippen LogP contribution in [0.5, 0.6) is 0 Å². The molecule has 0 bridgehead atoms. The molecule has 0 amide bonds. The second-order valence-corrected chi connectivity index (χ2v) is 11.1. The van der Waals surface area contributed by atoms with Crippen LogP contribution in [0.2, 0.25) is 0 Å². The van der Waals surface area contributed by atoms with Crippen molar-refractivity contribution in [2.24, 2.45) is 0 Å². The minimum atomic E-state index is -3.58. The number of carbonyl (C=O) groups excluding carboxylic acids is 1. The van der Waals surface area contributed by atoms with Crippen LogP contribution in [0.15, 0.2) is 45.0 Å². The molecule has 10 heteroatoms. The van der Waals surface area contributed by atoms with Crippen LogP contribution in [0.3, 0.4) is 0 Å². The van der Waals surface area contributed by atoms with Crippen LogP contribution in [-0.4, -0.2) is 54.9 Å².